The molecular formula is C28H28N6O4. The molecule has 194 valence electrons. The van der Waals surface area contributed by atoms with Gasteiger partial charge in [-0.3, -0.25) is 9.59 Å². The first-order valence-electron chi connectivity index (χ1n) is 12.1. The minimum Gasteiger partial charge on any atom is -0.487 e. The molecule has 1 aliphatic rings. The molecule has 4 amide bonds. The number of amides is 4. The van der Waals surface area contributed by atoms with E-state index in [9.17, 15) is 14.4 Å². The summed E-state index contributed by atoms with van der Waals surface area (Å²) in [5.41, 5.74) is 8.28. The number of hydrogen-bond acceptors (Lipinski definition) is 6. The lowest BCUT2D eigenvalue weighted by Gasteiger charge is -2.36. The Labute approximate surface area is 220 Å². The molecule has 0 atom stereocenters. The normalized spacial score (nSPS) is 12.8. The maximum absolute atomic E-state index is 12.7. The Hall–Kier alpha value is -5.04. The molecule has 1 fully saturated rings. The van der Waals surface area contributed by atoms with E-state index in [1.54, 1.807) is 29.2 Å². The maximum atomic E-state index is 12.7. The monoisotopic (exact) mass is 512 g/mol. The summed E-state index contributed by atoms with van der Waals surface area (Å²) in [6.45, 7) is 2.15. The number of benzene rings is 3. The van der Waals surface area contributed by atoms with Gasteiger partial charge >= 0.3 is 6.03 Å². The van der Waals surface area contributed by atoms with Gasteiger partial charge in [-0.1, -0.05) is 36.4 Å². The zero-order valence-corrected chi connectivity index (χ0v) is 20.7. The van der Waals surface area contributed by atoms with Gasteiger partial charge < -0.3 is 30.9 Å². The first kappa shape index (κ1) is 26.0. The highest BCUT2D eigenvalue weighted by Crippen LogP contribution is 2.29. The van der Waals surface area contributed by atoms with E-state index in [-0.39, 0.29) is 30.4 Å². The lowest BCUT2D eigenvalue weighted by atomic mass is 10.1. The van der Waals surface area contributed by atoms with E-state index in [2.05, 4.69) is 21.6 Å². The van der Waals surface area contributed by atoms with Crippen LogP contribution in [0.2, 0.25) is 0 Å². The van der Waals surface area contributed by atoms with Crippen molar-refractivity contribution in [3.05, 3.63) is 89.5 Å². The van der Waals surface area contributed by atoms with Crippen molar-refractivity contribution in [3.8, 4) is 11.8 Å². The number of rotatable bonds is 8. The topological polar surface area (TPSA) is 141 Å². The molecule has 0 radical (unpaired) electrons. The predicted molar refractivity (Wildman–Crippen MR) is 143 cm³/mol. The van der Waals surface area contributed by atoms with Crippen LogP contribution in [0.1, 0.15) is 21.5 Å². The summed E-state index contributed by atoms with van der Waals surface area (Å²) in [5.74, 6) is -0.939. The zero-order valence-electron chi connectivity index (χ0n) is 20.7. The number of primary amides is 1. The molecule has 1 heterocycles. The summed E-state index contributed by atoms with van der Waals surface area (Å²) in [5, 5.41) is 14.3. The van der Waals surface area contributed by atoms with Gasteiger partial charge in [0, 0.05) is 31.9 Å². The van der Waals surface area contributed by atoms with Crippen molar-refractivity contribution < 1.29 is 19.1 Å². The minimum absolute atomic E-state index is 0.106. The molecular weight excluding hydrogens is 484 g/mol. The molecule has 0 bridgehead atoms. The van der Waals surface area contributed by atoms with Crippen LogP contribution in [0.5, 0.6) is 5.75 Å². The highest BCUT2D eigenvalue weighted by Gasteiger charge is 2.22. The third-order valence-corrected chi connectivity index (χ3v) is 6.12. The van der Waals surface area contributed by atoms with Crippen LogP contribution < -0.4 is 26.0 Å². The number of para-hydroxylation sites is 1. The molecule has 4 rings (SSSR count). The van der Waals surface area contributed by atoms with Crippen molar-refractivity contribution in [3.63, 3.8) is 0 Å². The van der Waals surface area contributed by atoms with Crippen molar-refractivity contribution in [2.75, 3.05) is 42.9 Å². The molecule has 1 aliphatic heterocycles. The van der Waals surface area contributed by atoms with E-state index in [1.807, 2.05) is 42.5 Å². The molecule has 0 spiro atoms. The van der Waals surface area contributed by atoms with Crippen LogP contribution in [0.15, 0.2) is 72.8 Å². The second kappa shape index (κ2) is 12.3. The standard InChI is InChI=1S/C28H28N6O4/c29-17-20-9-11-22(12-10-20)33-13-15-34(16-14-33)28(37)31-18-25(35)32-26-23(27(30)36)7-4-8-24(26)38-19-21-5-2-1-3-6-21/h1-12H,13-16,18-19H2,(H2,30,36)(H,31,37)(H,32,35). The predicted octanol–water partition coefficient (Wildman–Crippen LogP) is 2.71. The molecule has 0 aromatic heterocycles. The highest BCUT2D eigenvalue weighted by molar-refractivity contribution is 6.05. The molecule has 38 heavy (non-hydrogen) atoms. The van der Waals surface area contributed by atoms with Crippen LogP contribution >= 0.6 is 0 Å². The van der Waals surface area contributed by atoms with E-state index in [0.29, 0.717) is 37.5 Å². The van der Waals surface area contributed by atoms with Gasteiger partial charge in [0.2, 0.25) is 5.91 Å². The van der Waals surface area contributed by atoms with Crippen molar-refractivity contribution in [1.29, 1.82) is 5.26 Å². The van der Waals surface area contributed by atoms with Gasteiger partial charge in [-0.15, -0.1) is 0 Å². The van der Waals surface area contributed by atoms with E-state index in [1.165, 1.54) is 6.07 Å². The number of nitrogens with one attached hydrogen (secondary N) is 2. The molecule has 0 aliphatic carbocycles. The third-order valence-electron chi connectivity index (χ3n) is 6.12. The molecule has 10 heteroatoms. The number of piperazine rings is 1. The Morgan fingerprint density at radius 3 is 2.29 bits per heavy atom. The van der Waals surface area contributed by atoms with E-state index in [0.717, 1.165) is 11.3 Å². The lowest BCUT2D eigenvalue weighted by molar-refractivity contribution is -0.115. The number of nitrogens with two attached hydrogens (primary N) is 1. The van der Waals surface area contributed by atoms with Gasteiger partial charge in [0.25, 0.3) is 5.91 Å². The van der Waals surface area contributed by atoms with Crippen molar-refractivity contribution in [2.45, 2.75) is 6.61 Å². The highest BCUT2D eigenvalue weighted by atomic mass is 16.5. The number of urea groups is 1. The van der Waals surface area contributed by atoms with Gasteiger partial charge in [-0.25, -0.2) is 4.79 Å². The summed E-state index contributed by atoms with van der Waals surface area (Å²) in [4.78, 5) is 41.1. The van der Waals surface area contributed by atoms with Crippen LogP contribution in [0.25, 0.3) is 0 Å². The fourth-order valence-electron chi connectivity index (χ4n) is 4.09. The first-order chi connectivity index (χ1) is 18.4. The van der Waals surface area contributed by atoms with Crippen LogP contribution in [-0.4, -0.2) is 55.5 Å². The number of carbonyl (C=O) groups is 3. The smallest absolute Gasteiger partial charge is 0.317 e. The zero-order chi connectivity index (χ0) is 26.9. The summed E-state index contributed by atoms with van der Waals surface area (Å²) in [7, 11) is 0. The number of carbonyl (C=O) groups excluding carboxylic acids is 3. The Bertz CT molecular complexity index is 1330. The molecule has 3 aromatic rings. The summed E-state index contributed by atoms with van der Waals surface area (Å²) >= 11 is 0. The quantitative estimate of drug-likeness (QED) is 0.424. The Kier molecular flexibility index (Phi) is 8.41. The van der Waals surface area contributed by atoms with Crippen LogP contribution in [0.4, 0.5) is 16.2 Å². The average molecular weight is 513 g/mol. The van der Waals surface area contributed by atoms with Crippen molar-refractivity contribution >= 4 is 29.2 Å². The lowest BCUT2D eigenvalue weighted by Crippen LogP contribution is -2.52. The Morgan fingerprint density at radius 1 is 0.921 bits per heavy atom. The molecule has 3 aromatic carbocycles. The SMILES string of the molecule is N#Cc1ccc(N2CCN(C(=O)NCC(=O)Nc3c(OCc4ccccc4)cccc3C(N)=O)CC2)cc1. The number of hydrogen-bond donors (Lipinski definition) is 3. The molecule has 1 saturated heterocycles. The van der Waals surface area contributed by atoms with Crippen LogP contribution in [-0.2, 0) is 11.4 Å². The fourth-order valence-corrected chi connectivity index (χ4v) is 4.09. The fraction of sp³-hybridized carbons (Fsp3) is 0.214. The summed E-state index contributed by atoms with van der Waals surface area (Å²) < 4.78 is 5.86. The minimum atomic E-state index is -0.713. The summed E-state index contributed by atoms with van der Waals surface area (Å²) in [6, 6.07) is 23.3. The summed E-state index contributed by atoms with van der Waals surface area (Å²) in [6.07, 6.45) is 0. The number of nitriles is 1. The second-order valence-corrected chi connectivity index (χ2v) is 8.66. The molecule has 4 N–H and O–H groups in total. The largest absolute Gasteiger partial charge is 0.487 e. The number of ether oxygens (including phenoxy) is 1. The van der Waals surface area contributed by atoms with Crippen molar-refractivity contribution in [1.82, 2.24) is 10.2 Å². The van der Waals surface area contributed by atoms with Gasteiger partial charge in [0.1, 0.15) is 12.4 Å². The Morgan fingerprint density at radius 2 is 1.63 bits per heavy atom. The van der Waals surface area contributed by atoms with Gasteiger partial charge in [-0.05, 0) is 42.0 Å². The van der Waals surface area contributed by atoms with Gasteiger partial charge in [-0.2, -0.15) is 5.26 Å². The van der Waals surface area contributed by atoms with Crippen molar-refractivity contribution in [2.24, 2.45) is 5.73 Å². The number of anilines is 2. The first-order valence-corrected chi connectivity index (χ1v) is 12.1. The van der Waals surface area contributed by atoms with E-state index >= 15 is 0 Å². The van der Waals surface area contributed by atoms with E-state index < -0.39 is 11.8 Å². The Balaban J connectivity index is 1.31. The molecule has 10 nitrogen and oxygen atoms in total. The third kappa shape index (κ3) is 6.59. The van der Waals surface area contributed by atoms with Gasteiger partial charge in [0.15, 0.2) is 0 Å². The molecule has 0 saturated carbocycles. The average Bonchev–Trinajstić information content (AvgIpc) is 2.96. The second-order valence-electron chi connectivity index (χ2n) is 8.66. The molecule has 0 unspecified atom stereocenters. The van der Waals surface area contributed by atoms with Crippen LogP contribution in [0, 0.1) is 11.3 Å². The maximum Gasteiger partial charge on any atom is 0.317 e. The van der Waals surface area contributed by atoms with Crippen LogP contribution in [0.3, 0.4) is 0 Å². The van der Waals surface area contributed by atoms with Gasteiger partial charge in [0.05, 0.1) is 29.4 Å². The number of nitrogens with zero attached hydrogens (tertiary/aromatic N) is 3. The van der Waals surface area contributed by atoms with E-state index in [4.69, 9.17) is 15.7 Å².